The summed E-state index contributed by atoms with van der Waals surface area (Å²) in [6.07, 6.45) is -3.76. The molecule has 0 bridgehead atoms. The van der Waals surface area contributed by atoms with E-state index in [0.717, 1.165) is 5.56 Å². The second kappa shape index (κ2) is 13.1. The molecule has 1 aliphatic heterocycles. The van der Waals surface area contributed by atoms with E-state index in [4.69, 9.17) is 18.9 Å². The molecule has 1 aliphatic rings. The molecule has 2 aromatic carbocycles. The van der Waals surface area contributed by atoms with E-state index in [9.17, 15) is 35.7 Å². The van der Waals surface area contributed by atoms with Crippen molar-refractivity contribution in [3.8, 4) is 23.0 Å². The van der Waals surface area contributed by atoms with Gasteiger partial charge in [-0.1, -0.05) is 18.2 Å². The first-order valence-electron chi connectivity index (χ1n) is 11.7. The van der Waals surface area contributed by atoms with Gasteiger partial charge in [-0.25, -0.2) is 0 Å². The van der Waals surface area contributed by atoms with E-state index in [2.05, 4.69) is 0 Å². The van der Waals surface area contributed by atoms with Crippen molar-refractivity contribution >= 4 is 6.08 Å². The Bertz CT molecular complexity index is 1060. The van der Waals surface area contributed by atoms with E-state index in [0.29, 0.717) is 11.1 Å². The second-order valence-electron chi connectivity index (χ2n) is 8.68. The summed E-state index contributed by atoms with van der Waals surface area (Å²) in [5.74, 6) is -0.306. The SMILES string of the molecule is COc1cc(C[C@H](CO[C@H]2O[C@@H](CO)[C@@H](O)[C@@H](O)[C@H]2O)c2cc(C=CCO)cc(OC)c2O)ccc1O. The predicted octanol–water partition coefficient (Wildman–Crippen LogP) is 0.263. The third-order valence-corrected chi connectivity index (χ3v) is 6.24. The minimum atomic E-state index is -1.60. The smallest absolute Gasteiger partial charge is 0.186 e. The van der Waals surface area contributed by atoms with Gasteiger partial charge in [-0.05, 0) is 41.8 Å². The summed E-state index contributed by atoms with van der Waals surface area (Å²) in [7, 11) is 2.83. The van der Waals surface area contributed by atoms with Gasteiger partial charge in [-0.15, -0.1) is 0 Å². The Morgan fingerprint density at radius 1 is 0.946 bits per heavy atom. The van der Waals surface area contributed by atoms with Crippen LogP contribution in [0.5, 0.6) is 23.0 Å². The highest BCUT2D eigenvalue weighted by Gasteiger charge is 2.44. The molecular weight excluding hydrogens is 488 g/mol. The van der Waals surface area contributed by atoms with E-state index in [1.807, 2.05) is 0 Å². The molecule has 0 spiro atoms. The van der Waals surface area contributed by atoms with Crippen LogP contribution in [0, 0.1) is 0 Å². The van der Waals surface area contributed by atoms with Crippen LogP contribution in [-0.2, 0) is 15.9 Å². The van der Waals surface area contributed by atoms with Gasteiger partial charge in [-0.3, -0.25) is 0 Å². The van der Waals surface area contributed by atoms with Crippen molar-refractivity contribution in [3.05, 3.63) is 53.1 Å². The van der Waals surface area contributed by atoms with Gasteiger partial charge >= 0.3 is 0 Å². The van der Waals surface area contributed by atoms with E-state index >= 15 is 0 Å². The number of rotatable bonds is 11. The Morgan fingerprint density at radius 2 is 1.68 bits per heavy atom. The van der Waals surface area contributed by atoms with Crippen molar-refractivity contribution in [2.75, 3.05) is 34.0 Å². The minimum Gasteiger partial charge on any atom is -0.504 e. The van der Waals surface area contributed by atoms with Crippen LogP contribution >= 0.6 is 0 Å². The molecule has 1 fully saturated rings. The predicted molar refractivity (Wildman–Crippen MR) is 132 cm³/mol. The molecule has 0 saturated carbocycles. The van der Waals surface area contributed by atoms with E-state index in [1.165, 1.54) is 26.4 Å². The first-order chi connectivity index (χ1) is 17.7. The molecule has 11 nitrogen and oxygen atoms in total. The molecule has 204 valence electrons. The quantitative estimate of drug-likeness (QED) is 0.215. The lowest BCUT2D eigenvalue weighted by molar-refractivity contribution is -0.301. The van der Waals surface area contributed by atoms with Gasteiger partial charge in [0.25, 0.3) is 0 Å². The fourth-order valence-electron chi connectivity index (χ4n) is 4.21. The molecule has 0 unspecified atom stereocenters. The van der Waals surface area contributed by atoms with Gasteiger partial charge in [0.05, 0.1) is 34.0 Å². The van der Waals surface area contributed by atoms with Crippen LogP contribution in [0.1, 0.15) is 22.6 Å². The molecule has 7 N–H and O–H groups in total. The number of aliphatic hydroxyl groups is 5. The second-order valence-corrected chi connectivity index (χ2v) is 8.68. The molecule has 3 rings (SSSR count). The van der Waals surface area contributed by atoms with Crippen molar-refractivity contribution in [1.29, 1.82) is 0 Å². The average Bonchev–Trinajstić information content (AvgIpc) is 2.90. The van der Waals surface area contributed by atoms with Gasteiger partial charge in [0.1, 0.15) is 24.4 Å². The summed E-state index contributed by atoms with van der Waals surface area (Å²) < 4.78 is 21.8. The van der Waals surface area contributed by atoms with Crippen molar-refractivity contribution in [1.82, 2.24) is 0 Å². The van der Waals surface area contributed by atoms with Gasteiger partial charge in [0, 0.05) is 11.5 Å². The normalized spacial score (nSPS) is 24.8. The molecule has 0 aliphatic carbocycles. The Balaban J connectivity index is 1.97. The fraction of sp³-hybridized carbons (Fsp3) is 0.462. The Hall–Kier alpha value is -2.90. The molecule has 2 aromatic rings. The summed E-state index contributed by atoms with van der Waals surface area (Å²) in [5, 5.41) is 70.1. The van der Waals surface area contributed by atoms with Crippen molar-refractivity contribution in [2.45, 2.75) is 43.0 Å². The van der Waals surface area contributed by atoms with Crippen LogP contribution in [0.2, 0.25) is 0 Å². The first-order valence-corrected chi connectivity index (χ1v) is 11.7. The lowest BCUT2D eigenvalue weighted by Gasteiger charge is -2.40. The molecule has 11 heteroatoms. The van der Waals surface area contributed by atoms with Crippen LogP contribution in [0.4, 0.5) is 0 Å². The number of ether oxygens (including phenoxy) is 4. The third-order valence-electron chi connectivity index (χ3n) is 6.24. The monoisotopic (exact) mass is 522 g/mol. The molecule has 0 amide bonds. The van der Waals surface area contributed by atoms with Crippen LogP contribution in [0.15, 0.2) is 36.4 Å². The number of aromatic hydroxyl groups is 2. The standard InChI is InChI=1S/C26H34O11/c1-34-19-10-15(5-6-18(19)29)8-16(13-36-26-25(33)24(32)23(31)21(12-28)37-26)17-9-14(4-3-7-27)11-20(35-2)22(17)30/h3-6,9-11,16,21,23-33H,7-8,12-13H2,1-2H3/t16-,21+,23-,24-,25-,26+/m1/s1. The number of hydrogen-bond donors (Lipinski definition) is 7. The highest BCUT2D eigenvalue weighted by atomic mass is 16.7. The van der Waals surface area contributed by atoms with E-state index in [-0.39, 0.29) is 42.6 Å². The van der Waals surface area contributed by atoms with Crippen LogP contribution in [0.25, 0.3) is 6.08 Å². The van der Waals surface area contributed by atoms with Crippen LogP contribution in [0.3, 0.4) is 0 Å². The summed E-state index contributed by atoms with van der Waals surface area (Å²) in [5.41, 5.74) is 1.79. The molecule has 6 atom stereocenters. The fourth-order valence-corrected chi connectivity index (χ4v) is 4.21. The lowest BCUT2D eigenvalue weighted by Crippen LogP contribution is -2.59. The summed E-state index contributed by atoms with van der Waals surface area (Å²) >= 11 is 0. The van der Waals surface area contributed by atoms with Crippen molar-refractivity contribution in [3.63, 3.8) is 0 Å². The maximum atomic E-state index is 11.0. The van der Waals surface area contributed by atoms with Crippen molar-refractivity contribution in [2.24, 2.45) is 0 Å². The first kappa shape index (κ1) is 28.7. The number of aliphatic hydroxyl groups excluding tert-OH is 5. The lowest BCUT2D eigenvalue weighted by atomic mass is 9.90. The third kappa shape index (κ3) is 6.70. The maximum absolute atomic E-state index is 11.0. The number of phenols is 2. The summed E-state index contributed by atoms with van der Waals surface area (Å²) in [4.78, 5) is 0. The summed E-state index contributed by atoms with van der Waals surface area (Å²) in [6, 6.07) is 8.10. The number of hydrogen-bond acceptors (Lipinski definition) is 11. The molecular formula is C26H34O11. The maximum Gasteiger partial charge on any atom is 0.186 e. The van der Waals surface area contributed by atoms with Crippen LogP contribution in [-0.4, -0.2) is 100 Å². The molecule has 37 heavy (non-hydrogen) atoms. The highest BCUT2D eigenvalue weighted by molar-refractivity contribution is 5.60. The zero-order valence-corrected chi connectivity index (χ0v) is 20.6. The zero-order valence-electron chi connectivity index (χ0n) is 20.6. The molecule has 0 radical (unpaired) electrons. The Morgan fingerprint density at radius 3 is 2.32 bits per heavy atom. The Kier molecular flexibility index (Phi) is 10.1. The molecule has 1 heterocycles. The summed E-state index contributed by atoms with van der Waals surface area (Å²) in [6.45, 7) is -0.913. The van der Waals surface area contributed by atoms with Gasteiger partial charge in [0.2, 0.25) is 0 Å². The van der Waals surface area contributed by atoms with Crippen LogP contribution < -0.4 is 9.47 Å². The number of phenolic OH excluding ortho intramolecular Hbond substituents is 2. The largest absolute Gasteiger partial charge is 0.504 e. The average molecular weight is 523 g/mol. The van der Waals surface area contributed by atoms with E-state index < -0.39 is 43.2 Å². The number of benzene rings is 2. The van der Waals surface area contributed by atoms with E-state index in [1.54, 1.807) is 30.3 Å². The highest BCUT2D eigenvalue weighted by Crippen LogP contribution is 2.39. The Labute approximate surface area is 214 Å². The van der Waals surface area contributed by atoms with Gasteiger partial charge in [-0.2, -0.15) is 0 Å². The zero-order chi connectivity index (χ0) is 27.1. The van der Waals surface area contributed by atoms with Gasteiger partial charge < -0.3 is 54.7 Å². The molecule has 0 aromatic heterocycles. The van der Waals surface area contributed by atoms with Crippen molar-refractivity contribution < 1.29 is 54.7 Å². The van der Waals surface area contributed by atoms with Gasteiger partial charge in [0.15, 0.2) is 29.3 Å². The molecule has 1 saturated heterocycles. The topological polar surface area (TPSA) is 179 Å². The number of methoxy groups -OCH3 is 2. The minimum absolute atomic E-state index is 0.0407.